The van der Waals surface area contributed by atoms with Gasteiger partial charge in [-0.3, -0.25) is 4.79 Å². The van der Waals surface area contributed by atoms with E-state index in [0.717, 1.165) is 11.1 Å². The van der Waals surface area contributed by atoms with E-state index in [1.54, 1.807) is 7.05 Å². The second-order valence-electron chi connectivity index (χ2n) is 5.55. The van der Waals surface area contributed by atoms with Gasteiger partial charge >= 0.3 is 0 Å². The number of rotatable bonds is 4. The summed E-state index contributed by atoms with van der Waals surface area (Å²) in [5.41, 5.74) is 2.36. The minimum atomic E-state index is -0.381. The normalized spacial score (nSPS) is 10.6. The number of hydrogen-bond donors (Lipinski definition) is 0. The summed E-state index contributed by atoms with van der Waals surface area (Å²) in [6, 6.07) is 13.2. The highest BCUT2D eigenvalue weighted by atomic mass is 19.1. The third kappa shape index (κ3) is 3.48. The highest BCUT2D eigenvalue weighted by Gasteiger charge is 2.16. The van der Waals surface area contributed by atoms with E-state index < -0.39 is 0 Å². The molecule has 3 aromatic rings. The number of carbonyl (C=O) groups is 1. The molecule has 5 nitrogen and oxygen atoms in total. The van der Waals surface area contributed by atoms with E-state index in [0.29, 0.717) is 17.3 Å². The minimum absolute atomic E-state index is 0.176. The first-order chi connectivity index (χ1) is 11.5. The van der Waals surface area contributed by atoms with Crippen molar-refractivity contribution in [2.75, 3.05) is 7.05 Å². The molecule has 1 heterocycles. The van der Waals surface area contributed by atoms with E-state index in [9.17, 15) is 9.18 Å². The molecule has 24 heavy (non-hydrogen) atoms. The maximum Gasteiger partial charge on any atom is 0.254 e. The fourth-order valence-corrected chi connectivity index (χ4v) is 2.31. The number of hydrogen-bond acceptors (Lipinski definition) is 4. The zero-order valence-corrected chi connectivity index (χ0v) is 13.4. The van der Waals surface area contributed by atoms with Crippen molar-refractivity contribution >= 4 is 5.91 Å². The molecule has 3 rings (SSSR count). The standard InChI is InChI=1S/C18H16FN3O2/c1-12-4-3-5-14(10-12)17-20-16(24-21-17)11-22(2)18(23)13-6-8-15(19)9-7-13/h3-10H,11H2,1-2H3. The van der Waals surface area contributed by atoms with Gasteiger partial charge in [0.05, 0.1) is 6.54 Å². The number of aryl methyl sites for hydroxylation is 1. The molecule has 0 N–H and O–H groups in total. The van der Waals surface area contributed by atoms with Crippen molar-refractivity contribution in [3.8, 4) is 11.4 Å². The average Bonchev–Trinajstić information content (AvgIpc) is 3.03. The molecule has 0 unspecified atom stereocenters. The molecule has 0 aliphatic heterocycles. The Bertz CT molecular complexity index is 859. The van der Waals surface area contributed by atoms with Gasteiger partial charge in [0, 0.05) is 18.2 Å². The van der Waals surface area contributed by atoms with Crippen molar-refractivity contribution in [3.63, 3.8) is 0 Å². The van der Waals surface area contributed by atoms with Gasteiger partial charge < -0.3 is 9.42 Å². The van der Waals surface area contributed by atoms with Gasteiger partial charge in [-0.2, -0.15) is 4.98 Å². The van der Waals surface area contributed by atoms with Crippen LogP contribution in [-0.2, 0) is 6.54 Å². The van der Waals surface area contributed by atoms with Crippen LogP contribution in [0.1, 0.15) is 21.8 Å². The Balaban J connectivity index is 1.72. The lowest BCUT2D eigenvalue weighted by Gasteiger charge is -2.14. The van der Waals surface area contributed by atoms with E-state index in [2.05, 4.69) is 10.1 Å². The summed E-state index contributed by atoms with van der Waals surface area (Å²) < 4.78 is 18.2. The van der Waals surface area contributed by atoms with Gasteiger partial charge in [-0.25, -0.2) is 4.39 Å². The Hall–Kier alpha value is -3.02. The summed E-state index contributed by atoms with van der Waals surface area (Å²) in [5.74, 6) is 0.194. The number of benzene rings is 2. The number of halogens is 1. The summed E-state index contributed by atoms with van der Waals surface area (Å²) in [5, 5.41) is 3.95. The van der Waals surface area contributed by atoms with Gasteiger partial charge in [-0.1, -0.05) is 28.9 Å². The van der Waals surface area contributed by atoms with E-state index in [1.165, 1.54) is 29.2 Å². The number of amides is 1. The van der Waals surface area contributed by atoms with Crippen LogP contribution in [-0.4, -0.2) is 28.0 Å². The Morgan fingerprint density at radius 1 is 1.21 bits per heavy atom. The van der Waals surface area contributed by atoms with E-state index >= 15 is 0 Å². The molecule has 1 aromatic heterocycles. The van der Waals surface area contributed by atoms with Crippen LogP contribution in [0.5, 0.6) is 0 Å². The van der Waals surface area contributed by atoms with Crippen LogP contribution in [0.15, 0.2) is 53.1 Å². The Morgan fingerprint density at radius 2 is 1.96 bits per heavy atom. The van der Waals surface area contributed by atoms with Crippen LogP contribution in [0.25, 0.3) is 11.4 Å². The first-order valence-corrected chi connectivity index (χ1v) is 7.43. The molecular weight excluding hydrogens is 309 g/mol. The van der Waals surface area contributed by atoms with Gasteiger partial charge in [-0.15, -0.1) is 0 Å². The van der Waals surface area contributed by atoms with Crippen LogP contribution in [0.2, 0.25) is 0 Å². The third-order valence-corrected chi connectivity index (χ3v) is 3.55. The Morgan fingerprint density at radius 3 is 2.67 bits per heavy atom. The highest BCUT2D eigenvalue weighted by Crippen LogP contribution is 2.17. The van der Waals surface area contributed by atoms with Crippen molar-refractivity contribution in [1.82, 2.24) is 15.0 Å². The van der Waals surface area contributed by atoms with Crippen LogP contribution in [0.3, 0.4) is 0 Å². The van der Waals surface area contributed by atoms with Crippen molar-refractivity contribution in [2.45, 2.75) is 13.5 Å². The molecule has 6 heteroatoms. The predicted molar refractivity (Wildman–Crippen MR) is 86.7 cm³/mol. The number of carbonyl (C=O) groups excluding carboxylic acids is 1. The Kier molecular flexibility index (Phi) is 4.37. The van der Waals surface area contributed by atoms with Crippen molar-refractivity contribution in [1.29, 1.82) is 0 Å². The molecule has 0 saturated carbocycles. The summed E-state index contributed by atoms with van der Waals surface area (Å²) in [4.78, 5) is 18.1. The van der Waals surface area contributed by atoms with E-state index in [-0.39, 0.29) is 18.3 Å². The first kappa shape index (κ1) is 15.9. The maximum absolute atomic E-state index is 12.9. The van der Waals surface area contributed by atoms with Crippen LogP contribution in [0, 0.1) is 12.7 Å². The molecule has 2 aromatic carbocycles. The zero-order chi connectivity index (χ0) is 17.1. The van der Waals surface area contributed by atoms with Gasteiger partial charge in [0.1, 0.15) is 5.82 Å². The second kappa shape index (κ2) is 6.62. The first-order valence-electron chi connectivity index (χ1n) is 7.43. The van der Waals surface area contributed by atoms with E-state index in [1.807, 2.05) is 31.2 Å². The van der Waals surface area contributed by atoms with Crippen molar-refractivity contribution in [2.24, 2.45) is 0 Å². The van der Waals surface area contributed by atoms with E-state index in [4.69, 9.17) is 4.52 Å². The molecule has 0 aliphatic rings. The lowest BCUT2D eigenvalue weighted by molar-refractivity contribution is 0.0769. The average molecular weight is 325 g/mol. The molecular formula is C18H16FN3O2. The largest absolute Gasteiger partial charge is 0.337 e. The molecule has 0 spiro atoms. The molecule has 0 atom stereocenters. The topological polar surface area (TPSA) is 59.2 Å². The SMILES string of the molecule is Cc1cccc(-c2noc(CN(C)C(=O)c3ccc(F)cc3)n2)c1. The number of nitrogens with zero attached hydrogens (tertiary/aromatic N) is 3. The number of aromatic nitrogens is 2. The lowest BCUT2D eigenvalue weighted by atomic mass is 10.1. The molecule has 0 aliphatic carbocycles. The summed E-state index contributed by atoms with van der Waals surface area (Å²) >= 11 is 0. The van der Waals surface area contributed by atoms with Crippen LogP contribution < -0.4 is 0 Å². The third-order valence-electron chi connectivity index (χ3n) is 3.55. The van der Waals surface area contributed by atoms with Crippen molar-refractivity contribution in [3.05, 3.63) is 71.4 Å². The van der Waals surface area contributed by atoms with Gasteiger partial charge in [0.25, 0.3) is 5.91 Å². The highest BCUT2D eigenvalue weighted by molar-refractivity contribution is 5.93. The molecule has 122 valence electrons. The van der Waals surface area contributed by atoms with Crippen LogP contribution >= 0.6 is 0 Å². The minimum Gasteiger partial charge on any atom is -0.337 e. The predicted octanol–water partition coefficient (Wildman–Crippen LogP) is 3.46. The van der Waals surface area contributed by atoms with Gasteiger partial charge in [0.15, 0.2) is 0 Å². The second-order valence-corrected chi connectivity index (χ2v) is 5.55. The van der Waals surface area contributed by atoms with Gasteiger partial charge in [-0.05, 0) is 37.3 Å². The fraction of sp³-hybridized carbons (Fsp3) is 0.167. The van der Waals surface area contributed by atoms with Crippen molar-refractivity contribution < 1.29 is 13.7 Å². The fourth-order valence-electron chi connectivity index (χ4n) is 2.31. The molecule has 0 fully saturated rings. The zero-order valence-electron chi connectivity index (χ0n) is 13.4. The summed E-state index contributed by atoms with van der Waals surface area (Å²) in [6.07, 6.45) is 0. The molecule has 0 saturated heterocycles. The smallest absolute Gasteiger partial charge is 0.254 e. The lowest BCUT2D eigenvalue weighted by Crippen LogP contribution is -2.26. The van der Waals surface area contributed by atoms with Gasteiger partial charge in [0.2, 0.25) is 11.7 Å². The molecule has 0 radical (unpaired) electrons. The Labute approximate surface area is 138 Å². The monoisotopic (exact) mass is 325 g/mol. The maximum atomic E-state index is 12.9. The summed E-state index contributed by atoms with van der Waals surface area (Å²) in [6.45, 7) is 2.16. The van der Waals surface area contributed by atoms with Crippen LogP contribution in [0.4, 0.5) is 4.39 Å². The molecule has 1 amide bonds. The molecule has 0 bridgehead atoms. The summed E-state index contributed by atoms with van der Waals surface area (Å²) in [7, 11) is 1.63. The quantitative estimate of drug-likeness (QED) is 0.737.